The molecule has 0 radical (unpaired) electrons. The Kier molecular flexibility index (Phi) is 6.78. The minimum Gasteiger partial charge on any atom is -0.462 e. The van der Waals surface area contributed by atoms with Gasteiger partial charge in [-0.25, -0.2) is 0 Å². The fourth-order valence-electron chi connectivity index (χ4n) is 2.05. The number of nitrogens with zero attached hydrogens (tertiary/aromatic N) is 1. The Balaban J connectivity index is 0.000000270. The Morgan fingerprint density at radius 2 is 2.05 bits per heavy atom. The van der Waals surface area contributed by atoms with Gasteiger partial charge in [0, 0.05) is 18.3 Å². The minimum absolute atomic E-state index is 0.318. The van der Waals surface area contributed by atoms with Crippen molar-refractivity contribution in [1.82, 2.24) is 10.3 Å². The van der Waals surface area contributed by atoms with Crippen molar-refractivity contribution >= 4 is 6.47 Å². The van der Waals surface area contributed by atoms with Gasteiger partial charge in [0.05, 0.1) is 5.60 Å². The van der Waals surface area contributed by atoms with E-state index >= 15 is 0 Å². The largest absolute Gasteiger partial charge is 0.462 e. The first-order valence-corrected chi connectivity index (χ1v) is 7.29. The van der Waals surface area contributed by atoms with Crippen molar-refractivity contribution in [2.45, 2.75) is 51.2 Å². The van der Waals surface area contributed by atoms with E-state index in [0.717, 1.165) is 31.6 Å². The van der Waals surface area contributed by atoms with E-state index in [9.17, 15) is 9.90 Å². The van der Waals surface area contributed by atoms with Gasteiger partial charge in [-0.3, -0.25) is 9.78 Å². The van der Waals surface area contributed by atoms with Gasteiger partial charge in [0.25, 0.3) is 6.47 Å². The number of piperidine rings is 1. The normalized spacial score (nSPS) is 17.3. The lowest BCUT2D eigenvalue weighted by atomic mass is 9.88. The molecule has 1 aliphatic heterocycles. The Morgan fingerprint density at radius 3 is 2.48 bits per heavy atom. The van der Waals surface area contributed by atoms with E-state index in [1.54, 1.807) is 6.20 Å². The molecule has 1 saturated heterocycles. The highest BCUT2D eigenvalue weighted by Crippen LogP contribution is 2.21. The van der Waals surface area contributed by atoms with Crippen molar-refractivity contribution in [3.63, 3.8) is 0 Å². The van der Waals surface area contributed by atoms with E-state index in [0.29, 0.717) is 12.9 Å². The van der Waals surface area contributed by atoms with Crippen LogP contribution in [0.4, 0.5) is 0 Å². The number of pyridine rings is 1. The fourth-order valence-corrected chi connectivity index (χ4v) is 2.05. The molecule has 21 heavy (non-hydrogen) atoms. The first-order valence-electron chi connectivity index (χ1n) is 7.29. The SMILES string of the molecule is CC(C)(C)OC=O.OC1(Cc2ccccn2)CCNCC1. The van der Waals surface area contributed by atoms with Crippen molar-refractivity contribution in [3.05, 3.63) is 30.1 Å². The summed E-state index contributed by atoms with van der Waals surface area (Å²) < 4.78 is 4.55. The van der Waals surface area contributed by atoms with Crippen molar-refractivity contribution in [2.75, 3.05) is 13.1 Å². The molecule has 0 bridgehead atoms. The van der Waals surface area contributed by atoms with E-state index in [1.165, 1.54) is 0 Å². The summed E-state index contributed by atoms with van der Waals surface area (Å²) in [7, 11) is 0. The number of aromatic nitrogens is 1. The summed E-state index contributed by atoms with van der Waals surface area (Å²) >= 11 is 0. The summed E-state index contributed by atoms with van der Waals surface area (Å²) in [4.78, 5) is 13.8. The standard InChI is InChI=1S/C11H16N2O.C5H10O2/c14-11(4-7-12-8-5-11)9-10-3-1-2-6-13-10;1-5(2,3)7-4-6/h1-3,6,12,14H,4-5,7-9H2;4H,1-3H3. The van der Waals surface area contributed by atoms with Gasteiger partial charge in [0.15, 0.2) is 0 Å². The zero-order valence-electron chi connectivity index (χ0n) is 13.1. The fraction of sp³-hybridized carbons (Fsp3) is 0.625. The molecule has 1 aliphatic rings. The third-order valence-corrected chi connectivity index (χ3v) is 3.17. The summed E-state index contributed by atoms with van der Waals surface area (Å²) in [6.45, 7) is 7.73. The zero-order chi connectivity index (χ0) is 15.8. The number of aliphatic hydroxyl groups is 1. The van der Waals surface area contributed by atoms with Crippen LogP contribution < -0.4 is 5.32 Å². The highest BCUT2D eigenvalue weighted by Gasteiger charge is 2.29. The van der Waals surface area contributed by atoms with Gasteiger partial charge in [-0.1, -0.05) is 6.07 Å². The smallest absolute Gasteiger partial charge is 0.293 e. The first-order chi connectivity index (χ1) is 9.85. The predicted octanol–water partition coefficient (Wildman–Crippen LogP) is 1.70. The lowest BCUT2D eigenvalue weighted by Gasteiger charge is -2.32. The number of carbonyl (C=O) groups is 1. The van der Waals surface area contributed by atoms with Crippen LogP contribution in [0, 0.1) is 0 Å². The maximum Gasteiger partial charge on any atom is 0.293 e. The monoisotopic (exact) mass is 294 g/mol. The number of carbonyl (C=O) groups excluding carboxylic acids is 1. The molecule has 0 saturated carbocycles. The van der Waals surface area contributed by atoms with Crippen molar-refractivity contribution < 1.29 is 14.6 Å². The topological polar surface area (TPSA) is 71.5 Å². The number of hydrogen-bond donors (Lipinski definition) is 2. The van der Waals surface area contributed by atoms with Crippen molar-refractivity contribution in [3.8, 4) is 0 Å². The summed E-state index contributed by atoms with van der Waals surface area (Å²) in [5.41, 5.74) is 0.123. The Labute approximate surface area is 126 Å². The molecule has 0 aliphatic carbocycles. The minimum atomic E-state index is -0.542. The molecule has 0 spiro atoms. The molecular formula is C16H26N2O3. The second-order valence-electron chi connectivity index (χ2n) is 6.30. The maximum absolute atomic E-state index is 10.2. The molecule has 1 fully saturated rings. The second kappa shape index (κ2) is 8.10. The predicted molar refractivity (Wildman–Crippen MR) is 81.9 cm³/mol. The van der Waals surface area contributed by atoms with Crippen LogP contribution in [0.15, 0.2) is 24.4 Å². The summed E-state index contributed by atoms with van der Waals surface area (Å²) in [6.07, 6.45) is 4.10. The molecule has 2 heterocycles. The molecule has 2 rings (SSSR count). The van der Waals surface area contributed by atoms with E-state index < -0.39 is 5.60 Å². The second-order valence-corrected chi connectivity index (χ2v) is 6.30. The lowest BCUT2D eigenvalue weighted by Crippen LogP contribution is -2.43. The zero-order valence-corrected chi connectivity index (χ0v) is 13.1. The molecule has 0 amide bonds. The Bertz CT molecular complexity index is 409. The van der Waals surface area contributed by atoms with Crippen LogP contribution in [-0.2, 0) is 16.0 Å². The molecule has 0 atom stereocenters. The van der Waals surface area contributed by atoms with Crippen LogP contribution in [0.25, 0.3) is 0 Å². The molecular weight excluding hydrogens is 268 g/mol. The summed E-state index contributed by atoms with van der Waals surface area (Å²) in [5.74, 6) is 0. The highest BCUT2D eigenvalue weighted by molar-refractivity contribution is 5.37. The van der Waals surface area contributed by atoms with Crippen LogP contribution in [0.1, 0.15) is 39.3 Å². The lowest BCUT2D eigenvalue weighted by molar-refractivity contribution is -0.138. The third-order valence-electron chi connectivity index (χ3n) is 3.17. The number of nitrogens with one attached hydrogen (secondary N) is 1. The number of ether oxygens (including phenoxy) is 1. The van der Waals surface area contributed by atoms with Crippen LogP contribution >= 0.6 is 0 Å². The van der Waals surface area contributed by atoms with Gasteiger partial charge in [0.1, 0.15) is 5.60 Å². The quantitative estimate of drug-likeness (QED) is 0.830. The van der Waals surface area contributed by atoms with Crippen LogP contribution in [0.3, 0.4) is 0 Å². The van der Waals surface area contributed by atoms with Gasteiger partial charge in [-0.05, 0) is 58.8 Å². The number of rotatable bonds is 3. The van der Waals surface area contributed by atoms with Crippen LogP contribution in [0.2, 0.25) is 0 Å². The van der Waals surface area contributed by atoms with Gasteiger partial charge in [0.2, 0.25) is 0 Å². The van der Waals surface area contributed by atoms with Gasteiger partial charge >= 0.3 is 0 Å². The van der Waals surface area contributed by atoms with Gasteiger partial charge < -0.3 is 15.2 Å². The van der Waals surface area contributed by atoms with Gasteiger partial charge in [-0.15, -0.1) is 0 Å². The summed E-state index contributed by atoms with van der Waals surface area (Å²) in [6, 6.07) is 5.84. The van der Waals surface area contributed by atoms with Crippen molar-refractivity contribution in [1.29, 1.82) is 0 Å². The molecule has 2 N–H and O–H groups in total. The number of hydrogen-bond acceptors (Lipinski definition) is 5. The van der Waals surface area contributed by atoms with E-state index in [1.807, 2.05) is 39.0 Å². The molecule has 1 aromatic rings. The van der Waals surface area contributed by atoms with Crippen LogP contribution in [0.5, 0.6) is 0 Å². The van der Waals surface area contributed by atoms with E-state index in [2.05, 4.69) is 15.0 Å². The molecule has 118 valence electrons. The molecule has 5 nitrogen and oxygen atoms in total. The highest BCUT2D eigenvalue weighted by atomic mass is 16.5. The first kappa shape index (κ1) is 17.6. The molecule has 5 heteroatoms. The van der Waals surface area contributed by atoms with Crippen molar-refractivity contribution in [2.24, 2.45) is 0 Å². The average Bonchev–Trinajstić information content (AvgIpc) is 2.39. The third kappa shape index (κ3) is 7.78. The maximum atomic E-state index is 10.2. The Hall–Kier alpha value is -1.46. The van der Waals surface area contributed by atoms with E-state index in [-0.39, 0.29) is 5.60 Å². The molecule has 1 aromatic heterocycles. The Morgan fingerprint density at radius 1 is 1.38 bits per heavy atom. The molecule has 0 unspecified atom stereocenters. The molecule has 0 aromatic carbocycles. The van der Waals surface area contributed by atoms with Gasteiger partial charge in [-0.2, -0.15) is 0 Å². The van der Waals surface area contributed by atoms with E-state index in [4.69, 9.17) is 0 Å². The van der Waals surface area contributed by atoms with Crippen LogP contribution in [-0.4, -0.2) is 40.9 Å². The average molecular weight is 294 g/mol. The summed E-state index contributed by atoms with van der Waals surface area (Å²) in [5, 5.41) is 13.5.